The van der Waals surface area contributed by atoms with Crippen LogP contribution in [0, 0.1) is 5.92 Å². The Labute approximate surface area is 89.9 Å². The van der Waals surface area contributed by atoms with E-state index < -0.39 is 17.2 Å². The average Bonchev–Trinajstić information content (AvgIpc) is 2.26. The molecule has 1 aliphatic rings. The van der Waals surface area contributed by atoms with E-state index in [0.29, 0.717) is 13.0 Å². The van der Waals surface area contributed by atoms with E-state index in [-0.39, 0.29) is 5.92 Å². The predicted molar refractivity (Wildman–Crippen MR) is 56.8 cm³/mol. The number of carbonyl (C=O) groups is 1. The monoisotopic (exact) mass is 216 g/mol. The molecule has 0 aromatic carbocycles. The molecule has 1 saturated heterocycles. The molecule has 1 fully saturated rings. The van der Waals surface area contributed by atoms with Crippen LogP contribution in [-0.2, 0) is 0 Å². The highest BCUT2D eigenvalue weighted by Gasteiger charge is 2.40. The summed E-state index contributed by atoms with van der Waals surface area (Å²) >= 11 is 0. The Bertz CT molecular complexity index is 251. The molecule has 2 atom stereocenters. The normalized spacial score (nSPS) is 31.6. The van der Waals surface area contributed by atoms with Gasteiger partial charge in [0.1, 0.15) is 0 Å². The van der Waals surface area contributed by atoms with Crippen LogP contribution in [0.3, 0.4) is 0 Å². The summed E-state index contributed by atoms with van der Waals surface area (Å²) in [7, 11) is 0. The van der Waals surface area contributed by atoms with Crippen molar-refractivity contribution < 1.29 is 15.0 Å². The molecule has 0 radical (unpaired) electrons. The summed E-state index contributed by atoms with van der Waals surface area (Å²) in [4.78, 5) is 10.6. The molecule has 0 unspecified atom stereocenters. The van der Waals surface area contributed by atoms with Crippen LogP contribution in [0.15, 0.2) is 0 Å². The maximum absolute atomic E-state index is 10.6. The molecule has 1 aliphatic heterocycles. The molecule has 0 aromatic heterocycles. The largest absolute Gasteiger partial charge is 0.465 e. The van der Waals surface area contributed by atoms with Crippen molar-refractivity contribution >= 4 is 6.09 Å². The van der Waals surface area contributed by atoms with E-state index in [1.807, 2.05) is 13.8 Å². The number of rotatable bonds is 3. The fourth-order valence-corrected chi connectivity index (χ4v) is 2.11. The lowest BCUT2D eigenvalue weighted by Gasteiger charge is -2.32. The van der Waals surface area contributed by atoms with Gasteiger partial charge in [0.05, 0.1) is 5.60 Å². The minimum absolute atomic E-state index is 0.0827. The van der Waals surface area contributed by atoms with E-state index in [9.17, 15) is 9.90 Å². The Balaban J connectivity index is 2.57. The molecular formula is C10H20N2O3. The minimum atomic E-state index is -1.02. The van der Waals surface area contributed by atoms with Crippen LogP contribution in [-0.4, -0.2) is 40.5 Å². The summed E-state index contributed by atoms with van der Waals surface area (Å²) < 4.78 is 0. The molecule has 4 N–H and O–H groups in total. The zero-order chi connectivity index (χ0) is 11.7. The number of carboxylic acid groups (broad SMARTS) is 1. The third-order valence-corrected chi connectivity index (χ3v) is 2.96. The number of hydrogen-bond donors (Lipinski definition) is 4. The van der Waals surface area contributed by atoms with Crippen LogP contribution in [0.1, 0.15) is 27.2 Å². The van der Waals surface area contributed by atoms with Crippen molar-refractivity contribution in [3.8, 4) is 0 Å². The minimum Gasteiger partial charge on any atom is -0.465 e. The van der Waals surface area contributed by atoms with E-state index in [4.69, 9.17) is 5.11 Å². The van der Waals surface area contributed by atoms with Crippen molar-refractivity contribution in [2.45, 2.75) is 38.3 Å². The first kappa shape index (κ1) is 12.3. The van der Waals surface area contributed by atoms with E-state index in [2.05, 4.69) is 10.6 Å². The topological polar surface area (TPSA) is 81.6 Å². The highest BCUT2D eigenvalue weighted by Crippen LogP contribution is 2.29. The van der Waals surface area contributed by atoms with Gasteiger partial charge in [-0.2, -0.15) is 0 Å². The highest BCUT2D eigenvalue weighted by atomic mass is 16.4. The Morgan fingerprint density at radius 3 is 2.67 bits per heavy atom. The van der Waals surface area contributed by atoms with Gasteiger partial charge in [0, 0.05) is 24.5 Å². The Hall–Kier alpha value is -0.810. The Morgan fingerprint density at radius 1 is 1.67 bits per heavy atom. The molecule has 5 nitrogen and oxygen atoms in total. The van der Waals surface area contributed by atoms with E-state index in [1.165, 1.54) is 0 Å². The smallest absolute Gasteiger partial charge is 0.405 e. The number of hydrogen-bond acceptors (Lipinski definition) is 3. The fraction of sp³-hybridized carbons (Fsp3) is 0.900. The lowest BCUT2D eigenvalue weighted by Crippen LogP contribution is -2.47. The summed E-state index contributed by atoms with van der Waals surface area (Å²) in [5, 5.41) is 24.3. The van der Waals surface area contributed by atoms with Gasteiger partial charge in [-0.25, -0.2) is 4.79 Å². The van der Waals surface area contributed by atoms with Crippen molar-refractivity contribution in [2.24, 2.45) is 5.92 Å². The first-order valence-corrected chi connectivity index (χ1v) is 5.17. The standard InChI is InChI=1S/C10H20N2O3/c1-9(2,12-8(13)14)4-7-5-11-6-10(7,3)15/h7,11-12,15H,4-6H2,1-3H3,(H,13,14)/t7-,10+/m1/s1. The van der Waals surface area contributed by atoms with Gasteiger partial charge in [-0.05, 0) is 27.2 Å². The Kier molecular flexibility index (Phi) is 3.25. The first-order valence-electron chi connectivity index (χ1n) is 5.17. The second kappa shape index (κ2) is 3.98. The van der Waals surface area contributed by atoms with Crippen LogP contribution in [0.5, 0.6) is 0 Å². The number of amides is 1. The van der Waals surface area contributed by atoms with Crippen LogP contribution in [0.4, 0.5) is 4.79 Å². The fourth-order valence-electron chi connectivity index (χ4n) is 2.11. The van der Waals surface area contributed by atoms with Crippen LogP contribution in [0.25, 0.3) is 0 Å². The van der Waals surface area contributed by atoms with Crippen molar-refractivity contribution in [3.63, 3.8) is 0 Å². The molecule has 15 heavy (non-hydrogen) atoms. The molecule has 1 heterocycles. The number of nitrogens with one attached hydrogen (secondary N) is 2. The zero-order valence-corrected chi connectivity index (χ0v) is 9.50. The van der Waals surface area contributed by atoms with Crippen molar-refractivity contribution in [1.29, 1.82) is 0 Å². The predicted octanol–water partition coefficient (Wildman–Crippen LogP) is 0.393. The second-order valence-corrected chi connectivity index (χ2v) is 5.20. The second-order valence-electron chi connectivity index (χ2n) is 5.20. The van der Waals surface area contributed by atoms with Gasteiger partial charge in [-0.1, -0.05) is 0 Å². The van der Waals surface area contributed by atoms with Gasteiger partial charge in [-0.15, -0.1) is 0 Å². The van der Waals surface area contributed by atoms with Gasteiger partial charge in [0.2, 0.25) is 0 Å². The molecular weight excluding hydrogens is 196 g/mol. The van der Waals surface area contributed by atoms with Gasteiger partial charge >= 0.3 is 6.09 Å². The molecule has 0 saturated carbocycles. The maximum Gasteiger partial charge on any atom is 0.405 e. The van der Waals surface area contributed by atoms with Gasteiger partial charge in [0.25, 0.3) is 0 Å². The van der Waals surface area contributed by atoms with Crippen LogP contribution < -0.4 is 10.6 Å². The van der Waals surface area contributed by atoms with Gasteiger partial charge in [-0.3, -0.25) is 0 Å². The van der Waals surface area contributed by atoms with Crippen molar-refractivity contribution in [2.75, 3.05) is 13.1 Å². The summed E-state index contributed by atoms with van der Waals surface area (Å²) in [6, 6.07) is 0. The summed E-state index contributed by atoms with van der Waals surface area (Å²) in [6.07, 6.45) is -0.398. The molecule has 88 valence electrons. The number of aliphatic hydroxyl groups is 1. The van der Waals surface area contributed by atoms with E-state index >= 15 is 0 Å². The number of β-amino-alcohol motifs (C(OH)–C–C–N with tert-alkyl or cyclic N) is 1. The quantitative estimate of drug-likeness (QED) is 0.550. The third-order valence-electron chi connectivity index (χ3n) is 2.96. The summed E-state index contributed by atoms with van der Waals surface area (Å²) in [6.45, 7) is 6.75. The molecule has 0 spiro atoms. The molecule has 1 amide bonds. The maximum atomic E-state index is 10.6. The Morgan fingerprint density at radius 2 is 2.27 bits per heavy atom. The summed E-state index contributed by atoms with van der Waals surface area (Å²) in [5.41, 5.74) is -1.25. The van der Waals surface area contributed by atoms with Crippen molar-refractivity contribution in [3.05, 3.63) is 0 Å². The molecule has 5 heteroatoms. The van der Waals surface area contributed by atoms with Crippen LogP contribution in [0.2, 0.25) is 0 Å². The first-order chi connectivity index (χ1) is 6.73. The summed E-state index contributed by atoms with van der Waals surface area (Å²) in [5.74, 6) is 0.0827. The SMILES string of the molecule is CC(C)(C[C@@H]1CNC[C@]1(C)O)NC(=O)O. The van der Waals surface area contributed by atoms with Gasteiger partial charge in [0.15, 0.2) is 0 Å². The molecule has 0 bridgehead atoms. The average molecular weight is 216 g/mol. The van der Waals surface area contributed by atoms with Crippen LogP contribution >= 0.6 is 0 Å². The molecule has 1 rings (SSSR count). The lowest BCUT2D eigenvalue weighted by molar-refractivity contribution is 0.0230. The van der Waals surface area contributed by atoms with E-state index in [0.717, 1.165) is 6.54 Å². The lowest BCUT2D eigenvalue weighted by atomic mass is 9.82. The van der Waals surface area contributed by atoms with Crippen molar-refractivity contribution in [1.82, 2.24) is 10.6 Å². The molecule has 0 aliphatic carbocycles. The third kappa shape index (κ3) is 3.35. The highest BCUT2D eigenvalue weighted by molar-refractivity contribution is 5.65. The van der Waals surface area contributed by atoms with Gasteiger partial charge < -0.3 is 20.8 Å². The zero-order valence-electron chi connectivity index (χ0n) is 9.50. The van der Waals surface area contributed by atoms with E-state index in [1.54, 1.807) is 6.92 Å². The molecule has 0 aromatic rings.